The van der Waals surface area contributed by atoms with E-state index in [-0.39, 0.29) is 19.8 Å². The van der Waals surface area contributed by atoms with Gasteiger partial charge in [0.2, 0.25) is 8.32 Å². The number of hydrogen-bond donors (Lipinski definition) is 2. The molecule has 0 saturated carbocycles. The van der Waals surface area contributed by atoms with E-state index in [9.17, 15) is 15.0 Å². The number of aliphatic hydroxyl groups excluding tert-OH is 1. The maximum absolute atomic E-state index is 13.2. The first-order valence-electron chi connectivity index (χ1n) is 9.72. The van der Waals surface area contributed by atoms with Gasteiger partial charge >= 0.3 is 0 Å². The number of rotatable bonds is 8. The van der Waals surface area contributed by atoms with Crippen LogP contribution in [0.5, 0.6) is 0 Å². The lowest BCUT2D eigenvalue weighted by molar-refractivity contribution is -0.138. The average Bonchev–Trinajstić information content (AvgIpc) is 2.76. The Morgan fingerprint density at radius 2 is 1.64 bits per heavy atom. The topological polar surface area (TPSA) is 70.0 Å². The van der Waals surface area contributed by atoms with Crippen LogP contribution in [0.2, 0.25) is 16.6 Å². The number of fused-ring (bicyclic) bond motifs is 1. The minimum absolute atomic E-state index is 0.0589. The molecule has 28 heavy (non-hydrogen) atoms. The lowest BCUT2D eigenvalue weighted by Crippen LogP contribution is -2.51. The van der Waals surface area contributed by atoms with Crippen molar-refractivity contribution in [2.75, 3.05) is 18.2 Å². The number of carbonyl (C=O) groups is 1. The van der Waals surface area contributed by atoms with E-state index in [2.05, 4.69) is 73.4 Å². The maximum Gasteiger partial charge on any atom is 0.265 e. The minimum atomic E-state index is -2.19. The second-order valence-corrected chi connectivity index (χ2v) is 15.7. The number of hydrogen-bond acceptors (Lipinski definition) is 4. The minimum Gasteiger partial charge on any atom is -0.398 e. The Balaban J connectivity index is 2.49. The standard InChI is InChI=1S/C20H31Br2NO4Si/c1-12(2)28(13(3)4,14(5)6)27-11-23-17-10-15(21)9-16(22)18(17)20(26,7-8-24)19(23)25/h9-10,12-14,24,26H,7-8,11H2,1-6H3/t20-/m0/s1. The van der Waals surface area contributed by atoms with Gasteiger partial charge in [-0.25, -0.2) is 0 Å². The van der Waals surface area contributed by atoms with Gasteiger partial charge in [0, 0.05) is 27.5 Å². The first-order chi connectivity index (χ1) is 12.9. The molecule has 1 amide bonds. The zero-order valence-corrected chi connectivity index (χ0v) is 21.6. The largest absolute Gasteiger partial charge is 0.398 e. The van der Waals surface area contributed by atoms with Gasteiger partial charge in [0.25, 0.3) is 5.91 Å². The lowest BCUT2D eigenvalue weighted by Gasteiger charge is -2.43. The van der Waals surface area contributed by atoms with Crippen LogP contribution in [0.15, 0.2) is 21.1 Å². The molecule has 0 fully saturated rings. The SMILES string of the molecule is CC(C)[Si](OCN1C(=O)[C@](O)(CCO)c2c(Br)cc(Br)cc21)(C(C)C)C(C)C. The predicted molar refractivity (Wildman–Crippen MR) is 122 cm³/mol. The van der Waals surface area contributed by atoms with Gasteiger partial charge in [0.1, 0.15) is 6.73 Å². The monoisotopic (exact) mass is 535 g/mol. The highest BCUT2D eigenvalue weighted by molar-refractivity contribution is 9.11. The van der Waals surface area contributed by atoms with Crippen LogP contribution in [0.25, 0.3) is 0 Å². The normalized spacial score (nSPS) is 20.0. The fourth-order valence-corrected chi connectivity index (χ4v) is 11.7. The van der Waals surface area contributed by atoms with E-state index in [1.165, 1.54) is 4.90 Å². The van der Waals surface area contributed by atoms with Gasteiger partial charge in [0.15, 0.2) is 5.60 Å². The molecule has 1 atom stereocenters. The number of anilines is 1. The summed E-state index contributed by atoms with van der Waals surface area (Å²) < 4.78 is 8.04. The summed E-state index contributed by atoms with van der Waals surface area (Å²) in [5, 5.41) is 20.6. The molecule has 1 heterocycles. The van der Waals surface area contributed by atoms with E-state index in [4.69, 9.17) is 4.43 Å². The highest BCUT2D eigenvalue weighted by Gasteiger charge is 2.52. The third kappa shape index (κ3) is 3.88. The third-order valence-electron chi connectivity index (χ3n) is 5.96. The summed E-state index contributed by atoms with van der Waals surface area (Å²) in [6.45, 7) is 13.0. The van der Waals surface area contributed by atoms with Crippen molar-refractivity contribution in [3.63, 3.8) is 0 Å². The lowest BCUT2D eigenvalue weighted by atomic mass is 9.92. The van der Waals surface area contributed by atoms with Gasteiger partial charge in [-0.05, 0) is 28.8 Å². The Hall–Kier alpha value is -0.253. The second kappa shape index (κ2) is 8.86. The molecule has 8 heteroatoms. The zero-order valence-electron chi connectivity index (χ0n) is 17.4. The van der Waals surface area contributed by atoms with Crippen molar-refractivity contribution in [3.05, 3.63) is 26.6 Å². The van der Waals surface area contributed by atoms with Crippen molar-refractivity contribution < 1.29 is 19.4 Å². The summed E-state index contributed by atoms with van der Waals surface area (Å²) in [5.74, 6) is -0.450. The molecule has 2 N–H and O–H groups in total. The number of benzene rings is 1. The van der Waals surface area contributed by atoms with E-state index >= 15 is 0 Å². The van der Waals surface area contributed by atoms with Gasteiger partial charge in [0.05, 0.1) is 5.69 Å². The summed E-state index contributed by atoms with van der Waals surface area (Å²) in [4.78, 5) is 14.8. The number of nitrogens with zero attached hydrogens (tertiary/aromatic N) is 1. The number of halogens is 2. The Labute approximate surface area is 185 Å². The van der Waals surface area contributed by atoms with Crippen molar-refractivity contribution in [1.82, 2.24) is 0 Å². The predicted octanol–water partition coefficient (Wildman–Crippen LogP) is 5.28. The first-order valence-corrected chi connectivity index (χ1v) is 13.4. The molecule has 5 nitrogen and oxygen atoms in total. The van der Waals surface area contributed by atoms with Gasteiger partial charge in [-0.3, -0.25) is 9.69 Å². The Kier molecular flexibility index (Phi) is 7.60. The van der Waals surface area contributed by atoms with Crippen LogP contribution < -0.4 is 4.90 Å². The summed E-state index contributed by atoms with van der Waals surface area (Å²) in [7, 11) is -2.19. The fraction of sp³-hybridized carbons (Fsp3) is 0.650. The van der Waals surface area contributed by atoms with Crippen molar-refractivity contribution in [2.45, 2.75) is 70.2 Å². The van der Waals surface area contributed by atoms with E-state index in [0.29, 0.717) is 32.3 Å². The van der Waals surface area contributed by atoms with Crippen LogP contribution in [0.4, 0.5) is 5.69 Å². The summed E-state index contributed by atoms with van der Waals surface area (Å²) in [6, 6.07) is 3.62. The van der Waals surface area contributed by atoms with Gasteiger partial charge in [-0.1, -0.05) is 73.4 Å². The van der Waals surface area contributed by atoms with Crippen molar-refractivity contribution >= 4 is 51.8 Å². The molecule has 0 aromatic heterocycles. The van der Waals surface area contributed by atoms with Crippen LogP contribution in [0, 0.1) is 0 Å². The zero-order chi connectivity index (χ0) is 21.4. The third-order valence-corrected chi connectivity index (χ3v) is 13.1. The van der Waals surface area contributed by atoms with Crippen LogP contribution >= 0.6 is 31.9 Å². The Morgan fingerprint density at radius 1 is 1.11 bits per heavy atom. The maximum atomic E-state index is 13.2. The van der Waals surface area contributed by atoms with E-state index < -0.39 is 19.8 Å². The van der Waals surface area contributed by atoms with Crippen LogP contribution in [-0.4, -0.2) is 37.8 Å². The summed E-state index contributed by atoms with van der Waals surface area (Å²) in [6.07, 6.45) is -0.0589. The number of aliphatic hydroxyl groups is 2. The van der Waals surface area contributed by atoms with Crippen molar-refractivity contribution in [3.8, 4) is 0 Å². The second-order valence-electron chi connectivity index (χ2n) is 8.44. The molecule has 2 rings (SSSR count). The molecule has 1 aromatic carbocycles. The molecule has 0 unspecified atom stereocenters. The highest BCUT2D eigenvalue weighted by Crippen LogP contribution is 2.48. The number of carbonyl (C=O) groups excluding carboxylic acids is 1. The number of amides is 1. The molecular weight excluding hydrogens is 506 g/mol. The molecule has 1 aliphatic rings. The highest BCUT2D eigenvalue weighted by atomic mass is 79.9. The molecule has 0 spiro atoms. The van der Waals surface area contributed by atoms with Crippen LogP contribution in [-0.2, 0) is 14.8 Å². The van der Waals surface area contributed by atoms with Gasteiger partial charge in [-0.2, -0.15) is 0 Å². The van der Waals surface area contributed by atoms with Gasteiger partial charge < -0.3 is 14.6 Å². The molecule has 0 bridgehead atoms. The quantitative estimate of drug-likeness (QED) is 0.443. The van der Waals surface area contributed by atoms with E-state index in [1.54, 1.807) is 6.07 Å². The molecule has 1 aliphatic heterocycles. The Bertz CT molecular complexity index is 719. The van der Waals surface area contributed by atoms with Crippen LogP contribution in [0.1, 0.15) is 53.5 Å². The summed E-state index contributed by atoms with van der Waals surface area (Å²) >= 11 is 6.95. The van der Waals surface area contributed by atoms with E-state index in [0.717, 1.165) is 4.47 Å². The molecule has 0 aliphatic carbocycles. The summed E-state index contributed by atoms with van der Waals surface area (Å²) in [5.41, 5.74) is 0.497. The fourth-order valence-electron chi connectivity index (χ4n) is 4.82. The van der Waals surface area contributed by atoms with E-state index in [1.807, 2.05) is 6.07 Å². The molecule has 158 valence electrons. The Morgan fingerprint density at radius 3 is 2.11 bits per heavy atom. The average molecular weight is 537 g/mol. The van der Waals surface area contributed by atoms with Crippen molar-refractivity contribution in [2.24, 2.45) is 0 Å². The molecule has 1 aromatic rings. The van der Waals surface area contributed by atoms with Crippen LogP contribution in [0.3, 0.4) is 0 Å². The smallest absolute Gasteiger partial charge is 0.265 e. The molecular formula is C20H31Br2NO4Si. The molecule has 0 radical (unpaired) electrons. The molecule has 0 saturated heterocycles. The van der Waals surface area contributed by atoms with Gasteiger partial charge in [-0.15, -0.1) is 0 Å². The van der Waals surface area contributed by atoms with Crippen molar-refractivity contribution in [1.29, 1.82) is 0 Å². The first kappa shape index (κ1) is 24.0.